The maximum absolute atomic E-state index is 12.8. The first-order chi connectivity index (χ1) is 11.8. The molecule has 0 unspecified atom stereocenters. The topological polar surface area (TPSA) is 92.8 Å². The summed E-state index contributed by atoms with van der Waals surface area (Å²) in [5.41, 5.74) is 0. The van der Waals surface area contributed by atoms with Crippen molar-refractivity contribution >= 4 is 21.9 Å². The first kappa shape index (κ1) is 19.3. The van der Waals surface area contributed by atoms with Crippen LogP contribution in [0.25, 0.3) is 0 Å². The summed E-state index contributed by atoms with van der Waals surface area (Å²) in [4.78, 5) is 25.0. The molecule has 0 bridgehead atoms. The molecule has 9 heteroatoms. The number of esters is 1. The van der Waals surface area contributed by atoms with Gasteiger partial charge in [-0.15, -0.1) is 0 Å². The molecule has 1 heterocycles. The highest BCUT2D eigenvalue weighted by Gasteiger charge is 2.22. The molecule has 1 amide bonds. The fourth-order valence-electron chi connectivity index (χ4n) is 2.39. The molecule has 0 radical (unpaired) electrons. The molecular formula is C16H21FN2O5S. The van der Waals surface area contributed by atoms with Crippen LogP contribution in [0.3, 0.4) is 0 Å². The zero-order valence-corrected chi connectivity index (χ0v) is 14.7. The van der Waals surface area contributed by atoms with Gasteiger partial charge >= 0.3 is 5.97 Å². The van der Waals surface area contributed by atoms with E-state index in [1.54, 1.807) is 4.90 Å². The summed E-state index contributed by atoms with van der Waals surface area (Å²) in [6.45, 7) is 2.37. The van der Waals surface area contributed by atoms with Crippen molar-refractivity contribution in [3.63, 3.8) is 0 Å². The first-order valence-corrected chi connectivity index (χ1v) is 9.45. The van der Waals surface area contributed by atoms with Gasteiger partial charge in [0.2, 0.25) is 10.0 Å². The molecule has 7 nitrogen and oxygen atoms in total. The number of carbonyl (C=O) groups is 2. The second-order valence-electron chi connectivity index (χ2n) is 6.00. The van der Waals surface area contributed by atoms with Crippen molar-refractivity contribution < 1.29 is 27.1 Å². The van der Waals surface area contributed by atoms with Gasteiger partial charge in [-0.05, 0) is 43.0 Å². The number of amides is 1. The maximum atomic E-state index is 12.8. The average Bonchev–Trinajstić information content (AvgIpc) is 2.59. The summed E-state index contributed by atoms with van der Waals surface area (Å²) in [5.74, 6) is -1.14. The minimum absolute atomic E-state index is 0.166. The summed E-state index contributed by atoms with van der Waals surface area (Å²) in [5, 5.41) is 0. The van der Waals surface area contributed by atoms with E-state index in [1.165, 1.54) is 0 Å². The highest BCUT2D eigenvalue weighted by atomic mass is 32.2. The molecule has 138 valence electrons. The Morgan fingerprint density at radius 3 is 2.44 bits per heavy atom. The molecular weight excluding hydrogens is 351 g/mol. The van der Waals surface area contributed by atoms with E-state index in [9.17, 15) is 22.4 Å². The molecule has 0 atom stereocenters. The highest BCUT2D eigenvalue weighted by Crippen LogP contribution is 2.15. The van der Waals surface area contributed by atoms with Gasteiger partial charge in [0.25, 0.3) is 5.91 Å². The van der Waals surface area contributed by atoms with E-state index in [0.29, 0.717) is 19.0 Å². The van der Waals surface area contributed by atoms with Gasteiger partial charge in [-0.25, -0.2) is 12.8 Å². The lowest BCUT2D eigenvalue weighted by atomic mass is 9.99. The van der Waals surface area contributed by atoms with Crippen LogP contribution < -0.4 is 4.72 Å². The van der Waals surface area contributed by atoms with Crippen molar-refractivity contribution in [2.75, 3.05) is 26.2 Å². The maximum Gasteiger partial charge on any atom is 0.321 e. The molecule has 1 aliphatic rings. The third-order valence-electron chi connectivity index (χ3n) is 4.02. The Morgan fingerprint density at radius 2 is 1.84 bits per heavy atom. The molecule has 0 saturated carbocycles. The number of ether oxygens (including phenoxy) is 1. The molecule has 1 aliphatic heterocycles. The second-order valence-corrected chi connectivity index (χ2v) is 7.77. The van der Waals surface area contributed by atoms with E-state index in [2.05, 4.69) is 11.6 Å². The molecule has 1 aromatic carbocycles. The lowest BCUT2D eigenvalue weighted by Crippen LogP contribution is -2.41. The standard InChI is InChI=1S/C16H21FN2O5S/c1-12-6-8-19(9-7-12)15(20)11-24-16(21)10-18-25(22,23)14-4-2-13(17)3-5-14/h2-5,12,18H,6-11H2,1H3. The van der Waals surface area contributed by atoms with Crippen LogP contribution in [0.1, 0.15) is 19.8 Å². The van der Waals surface area contributed by atoms with E-state index < -0.39 is 35.0 Å². The minimum atomic E-state index is -3.95. The predicted molar refractivity (Wildman–Crippen MR) is 87.5 cm³/mol. The van der Waals surface area contributed by atoms with Crippen molar-refractivity contribution in [2.45, 2.75) is 24.7 Å². The van der Waals surface area contributed by atoms with E-state index in [1.807, 2.05) is 0 Å². The second kappa shape index (κ2) is 8.39. The number of carbonyl (C=O) groups excluding carboxylic acids is 2. The molecule has 0 aromatic heterocycles. The number of rotatable bonds is 6. The van der Waals surface area contributed by atoms with Gasteiger partial charge in [0.1, 0.15) is 12.4 Å². The van der Waals surface area contributed by atoms with E-state index in [-0.39, 0.29) is 10.8 Å². The summed E-state index contributed by atoms with van der Waals surface area (Å²) in [6.07, 6.45) is 1.83. The fourth-order valence-corrected chi connectivity index (χ4v) is 3.36. The molecule has 1 aromatic rings. The Bertz CT molecular complexity index is 713. The Kier molecular flexibility index (Phi) is 6.49. The van der Waals surface area contributed by atoms with E-state index >= 15 is 0 Å². The molecule has 0 spiro atoms. The zero-order chi connectivity index (χ0) is 18.4. The Hall–Kier alpha value is -2.00. The summed E-state index contributed by atoms with van der Waals surface area (Å²) < 4.78 is 43.6. The van der Waals surface area contributed by atoms with Crippen LogP contribution in [-0.4, -0.2) is 51.4 Å². The first-order valence-electron chi connectivity index (χ1n) is 7.96. The molecule has 0 aliphatic carbocycles. The lowest BCUT2D eigenvalue weighted by Gasteiger charge is -2.30. The van der Waals surface area contributed by atoms with Crippen molar-refractivity contribution in [2.24, 2.45) is 5.92 Å². The minimum Gasteiger partial charge on any atom is -0.455 e. The molecule has 1 N–H and O–H groups in total. The quantitative estimate of drug-likeness (QED) is 0.749. The fraction of sp³-hybridized carbons (Fsp3) is 0.500. The van der Waals surface area contributed by atoms with Gasteiger partial charge in [0, 0.05) is 13.1 Å². The Morgan fingerprint density at radius 1 is 1.24 bits per heavy atom. The number of benzene rings is 1. The van der Waals surface area contributed by atoms with Crippen molar-refractivity contribution in [1.29, 1.82) is 0 Å². The number of likely N-dealkylation sites (tertiary alicyclic amines) is 1. The van der Waals surface area contributed by atoms with Crippen LogP contribution in [0, 0.1) is 11.7 Å². The summed E-state index contributed by atoms with van der Waals surface area (Å²) in [7, 11) is -3.95. The van der Waals surface area contributed by atoms with Crippen LogP contribution in [0.15, 0.2) is 29.2 Å². The monoisotopic (exact) mass is 372 g/mol. The van der Waals surface area contributed by atoms with Crippen molar-refractivity contribution in [3.8, 4) is 0 Å². The Balaban J connectivity index is 1.76. The number of hydrogen-bond donors (Lipinski definition) is 1. The molecule has 1 fully saturated rings. The van der Waals surface area contributed by atoms with Gasteiger partial charge in [0.15, 0.2) is 6.61 Å². The third kappa shape index (κ3) is 5.79. The number of halogens is 1. The lowest BCUT2D eigenvalue weighted by molar-refractivity contribution is -0.151. The van der Waals surface area contributed by atoms with Gasteiger partial charge in [-0.1, -0.05) is 6.92 Å². The number of hydrogen-bond acceptors (Lipinski definition) is 5. The summed E-state index contributed by atoms with van der Waals surface area (Å²) >= 11 is 0. The van der Waals surface area contributed by atoms with Gasteiger partial charge in [0.05, 0.1) is 4.90 Å². The van der Waals surface area contributed by atoms with Crippen LogP contribution in [0.5, 0.6) is 0 Å². The normalized spacial score (nSPS) is 15.8. The van der Waals surface area contributed by atoms with Crippen LogP contribution in [0.2, 0.25) is 0 Å². The Labute approximate surface area is 146 Å². The average molecular weight is 372 g/mol. The third-order valence-corrected chi connectivity index (χ3v) is 5.44. The van der Waals surface area contributed by atoms with Crippen LogP contribution in [-0.2, 0) is 24.3 Å². The van der Waals surface area contributed by atoms with Gasteiger partial charge in [-0.2, -0.15) is 4.72 Å². The molecule has 1 saturated heterocycles. The highest BCUT2D eigenvalue weighted by molar-refractivity contribution is 7.89. The largest absolute Gasteiger partial charge is 0.455 e. The van der Waals surface area contributed by atoms with Crippen LogP contribution >= 0.6 is 0 Å². The molecule has 25 heavy (non-hydrogen) atoms. The van der Waals surface area contributed by atoms with Gasteiger partial charge in [-0.3, -0.25) is 9.59 Å². The zero-order valence-electron chi connectivity index (χ0n) is 13.9. The predicted octanol–water partition coefficient (Wildman–Crippen LogP) is 0.906. The van der Waals surface area contributed by atoms with E-state index in [0.717, 1.165) is 37.1 Å². The van der Waals surface area contributed by atoms with Crippen molar-refractivity contribution in [1.82, 2.24) is 9.62 Å². The number of nitrogens with one attached hydrogen (secondary N) is 1. The summed E-state index contributed by atoms with van der Waals surface area (Å²) in [6, 6.07) is 4.18. The van der Waals surface area contributed by atoms with Gasteiger partial charge < -0.3 is 9.64 Å². The number of sulfonamides is 1. The van der Waals surface area contributed by atoms with Crippen molar-refractivity contribution in [3.05, 3.63) is 30.1 Å². The SMILES string of the molecule is CC1CCN(C(=O)COC(=O)CNS(=O)(=O)c2ccc(F)cc2)CC1. The molecule has 2 rings (SSSR count). The van der Waals surface area contributed by atoms with E-state index in [4.69, 9.17) is 4.74 Å². The number of nitrogens with zero attached hydrogens (tertiary/aromatic N) is 1. The number of piperidine rings is 1. The smallest absolute Gasteiger partial charge is 0.321 e. The van der Waals surface area contributed by atoms with Crippen LogP contribution in [0.4, 0.5) is 4.39 Å².